The van der Waals surface area contributed by atoms with Gasteiger partial charge in [0.05, 0.1) is 7.11 Å². The van der Waals surface area contributed by atoms with Crippen LogP contribution in [0.1, 0.15) is 39.4 Å². The highest BCUT2D eigenvalue weighted by atomic mass is 35.5. The minimum atomic E-state index is -0.722. The van der Waals surface area contributed by atoms with E-state index in [9.17, 15) is 4.79 Å². The van der Waals surface area contributed by atoms with E-state index in [-0.39, 0.29) is 18.3 Å². The molecule has 0 aliphatic heterocycles. The molecule has 0 aromatic heterocycles. The number of carbonyl (C=O) groups is 1. The molecule has 1 N–H and O–H groups in total. The Kier molecular flexibility index (Phi) is 10.6. The molecule has 1 atom stereocenters. The average molecular weight is 421 g/mol. The molecule has 0 radical (unpaired) electrons. The van der Waals surface area contributed by atoms with E-state index in [0.717, 1.165) is 17.9 Å². The molecule has 0 spiro atoms. The maximum absolute atomic E-state index is 12.9. The molecule has 2 aromatic rings. The number of benzene rings is 2. The van der Waals surface area contributed by atoms with E-state index in [1.54, 1.807) is 7.11 Å². The first-order valence-electron chi connectivity index (χ1n) is 9.81. The first-order valence-corrected chi connectivity index (χ1v) is 9.81. The highest BCUT2D eigenvalue weighted by Crippen LogP contribution is 2.24. The molecule has 160 valence electrons. The van der Waals surface area contributed by atoms with Gasteiger partial charge in [-0.2, -0.15) is 0 Å². The maximum Gasteiger partial charge on any atom is 0.265 e. The quantitative estimate of drug-likeness (QED) is 0.616. The number of ether oxygens (including phenoxy) is 2. The van der Waals surface area contributed by atoms with Gasteiger partial charge in [-0.15, -0.1) is 12.4 Å². The Hall–Kier alpha value is -2.24. The van der Waals surface area contributed by atoms with Crippen molar-refractivity contribution in [3.05, 3.63) is 60.2 Å². The summed E-state index contributed by atoms with van der Waals surface area (Å²) in [7, 11) is 1.62. The summed E-state index contributed by atoms with van der Waals surface area (Å²) in [6.45, 7) is 10.0. The lowest BCUT2D eigenvalue weighted by Crippen LogP contribution is -2.43. The van der Waals surface area contributed by atoms with E-state index in [0.29, 0.717) is 24.4 Å². The predicted octanol–water partition coefficient (Wildman–Crippen LogP) is 4.47. The smallest absolute Gasteiger partial charge is 0.265 e. The Labute approximate surface area is 180 Å². The van der Waals surface area contributed by atoms with Crippen molar-refractivity contribution in [2.75, 3.05) is 20.2 Å². The van der Waals surface area contributed by atoms with Gasteiger partial charge in [-0.25, -0.2) is 0 Å². The SMILES string of the molecule is COc1ccc(C(Oc2ccccc2)C(=O)NCCN(C(C)C)C(C)C)cc1.Cl. The average Bonchev–Trinajstić information content (AvgIpc) is 2.69. The second kappa shape index (κ2) is 12.3. The van der Waals surface area contributed by atoms with Gasteiger partial charge >= 0.3 is 0 Å². The van der Waals surface area contributed by atoms with Crippen molar-refractivity contribution in [3.8, 4) is 11.5 Å². The molecule has 1 amide bonds. The van der Waals surface area contributed by atoms with Crippen LogP contribution in [0.5, 0.6) is 11.5 Å². The molecular weight excluding hydrogens is 388 g/mol. The molecule has 0 saturated carbocycles. The highest BCUT2D eigenvalue weighted by molar-refractivity contribution is 5.85. The number of nitrogens with zero attached hydrogens (tertiary/aromatic N) is 1. The van der Waals surface area contributed by atoms with Crippen LogP contribution in [0.3, 0.4) is 0 Å². The van der Waals surface area contributed by atoms with E-state index >= 15 is 0 Å². The molecule has 0 aliphatic carbocycles. The monoisotopic (exact) mass is 420 g/mol. The molecule has 0 fully saturated rings. The lowest BCUT2D eigenvalue weighted by molar-refractivity contribution is -0.128. The molecule has 6 heteroatoms. The lowest BCUT2D eigenvalue weighted by Gasteiger charge is -2.30. The van der Waals surface area contributed by atoms with Gasteiger partial charge in [0.1, 0.15) is 11.5 Å². The third-order valence-electron chi connectivity index (χ3n) is 4.65. The van der Waals surface area contributed by atoms with E-state index in [1.807, 2.05) is 54.6 Å². The van der Waals surface area contributed by atoms with Crippen LogP contribution in [0.4, 0.5) is 0 Å². The maximum atomic E-state index is 12.9. The standard InChI is InChI=1S/C23H32N2O3.ClH/c1-17(2)25(18(3)4)16-15-24-23(26)22(28-21-9-7-6-8-10-21)19-11-13-20(27-5)14-12-19;/h6-14,17-18,22H,15-16H2,1-5H3,(H,24,26);1H. The number of rotatable bonds is 10. The van der Waals surface area contributed by atoms with Gasteiger partial charge in [0.25, 0.3) is 5.91 Å². The molecule has 0 aliphatic rings. The van der Waals surface area contributed by atoms with Crippen molar-refractivity contribution in [3.63, 3.8) is 0 Å². The van der Waals surface area contributed by atoms with Crippen molar-refractivity contribution in [2.45, 2.75) is 45.9 Å². The zero-order valence-corrected chi connectivity index (χ0v) is 18.7. The van der Waals surface area contributed by atoms with Crippen LogP contribution < -0.4 is 14.8 Å². The normalized spacial score (nSPS) is 11.9. The first kappa shape index (κ1) is 24.8. The van der Waals surface area contributed by atoms with Crippen molar-refractivity contribution >= 4 is 18.3 Å². The molecule has 0 saturated heterocycles. The van der Waals surface area contributed by atoms with Crippen molar-refractivity contribution in [1.82, 2.24) is 10.2 Å². The van der Waals surface area contributed by atoms with Gasteiger partial charge in [0.2, 0.25) is 6.10 Å². The van der Waals surface area contributed by atoms with Crippen LogP contribution in [0.2, 0.25) is 0 Å². The van der Waals surface area contributed by atoms with E-state index < -0.39 is 6.10 Å². The number of nitrogens with one attached hydrogen (secondary N) is 1. The van der Waals surface area contributed by atoms with Gasteiger partial charge in [0, 0.05) is 30.7 Å². The summed E-state index contributed by atoms with van der Waals surface area (Å²) in [5.41, 5.74) is 0.784. The lowest BCUT2D eigenvalue weighted by atomic mass is 10.1. The van der Waals surface area contributed by atoms with Gasteiger partial charge in [0.15, 0.2) is 0 Å². The van der Waals surface area contributed by atoms with Crippen LogP contribution in [0.15, 0.2) is 54.6 Å². The Balaban J connectivity index is 0.00000420. The van der Waals surface area contributed by atoms with Gasteiger partial charge in [-0.1, -0.05) is 30.3 Å². The van der Waals surface area contributed by atoms with Crippen molar-refractivity contribution in [1.29, 1.82) is 0 Å². The number of amides is 1. The summed E-state index contributed by atoms with van der Waals surface area (Å²) in [5.74, 6) is 1.25. The van der Waals surface area contributed by atoms with Crippen LogP contribution in [-0.4, -0.2) is 43.1 Å². The number of hydrogen-bond acceptors (Lipinski definition) is 4. The predicted molar refractivity (Wildman–Crippen MR) is 120 cm³/mol. The Bertz CT molecular complexity index is 713. The minimum Gasteiger partial charge on any atom is -0.497 e. The Morgan fingerprint density at radius 2 is 1.52 bits per heavy atom. The van der Waals surface area contributed by atoms with E-state index in [2.05, 4.69) is 37.9 Å². The number of halogens is 1. The van der Waals surface area contributed by atoms with Crippen molar-refractivity contribution < 1.29 is 14.3 Å². The fourth-order valence-electron chi connectivity index (χ4n) is 3.20. The molecule has 0 bridgehead atoms. The summed E-state index contributed by atoms with van der Waals surface area (Å²) in [6, 6.07) is 17.6. The van der Waals surface area contributed by atoms with Crippen LogP contribution >= 0.6 is 12.4 Å². The number of para-hydroxylation sites is 1. The molecule has 5 nitrogen and oxygen atoms in total. The molecule has 0 heterocycles. The third-order valence-corrected chi connectivity index (χ3v) is 4.65. The summed E-state index contributed by atoms with van der Waals surface area (Å²) in [6.07, 6.45) is -0.722. The zero-order chi connectivity index (χ0) is 20.5. The zero-order valence-electron chi connectivity index (χ0n) is 17.9. The second-order valence-corrected chi connectivity index (χ2v) is 7.30. The van der Waals surface area contributed by atoms with Crippen LogP contribution in [0.25, 0.3) is 0 Å². The van der Waals surface area contributed by atoms with Crippen LogP contribution in [-0.2, 0) is 4.79 Å². The van der Waals surface area contributed by atoms with E-state index in [1.165, 1.54) is 0 Å². The molecular formula is C23H33ClN2O3. The Morgan fingerprint density at radius 1 is 0.931 bits per heavy atom. The first-order chi connectivity index (χ1) is 13.4. The summed E-state index contributed by atoms with van der Waals surface area (Å²) in [4.78, 5) is 15.3. The number of methoxy groups -OCH3 is 1. The molecule has 1 unspecified atom stereocenters. The molecule has 2 rings (SSSR count). The van der Waals surface area contributed by atoms with E-state index in [4.69, 9.17) is 9.47 Å². The minimum absolute atomic E-state index is 0. The summed E-state index contributed by atoms with van der Waals surface area (Å²) < 4.78 is 11.2. The number of carbonyl (C=O) groups excluding carboxylic acids is 1. The van der Waals surface area contributed by atoms with Gasteiger partial charge < -0.3 is 14.8 Å². The largest absolute Gasteiger partial charge is 0.497 e. The van der Waals surface area contributed by atoms with Gasteiger partial charge in [-0.05, 0) is 52.0 Å². The topological polar surface area (TPSA) is 50.8 Å². The second-order valence-electron chi connectivity index (χ2n) is 7.30. The summed E-state index contributed by atoms with van der Waals surface area (Å²) in [5, 5.41) is 3.03. The Morgan fingerprint density at radius 3 is 2.03 bits per heavy atom. The highest BCUT2D eigenvalue weighted by Gasteiger charge is 2.23. The fourth-order valence-corrected chi connectivity index (χ4v) is 3.20. The third kappa shape index (κ3) is 7.59. The molecule has 29 heavy (non-hydrogen) atoms. The molecule has 2 aromatic carbocycles. The van der Waals surface area contributed by atoms with Gasteiger partial charge in [-0.3, -0.25) is 9.69 Å². The van der Waals surface area contributed by atoms with Crippen LogP contribution in [0, 0.1) is 0 Å². The fraction of sp³-hybridized carbons (Fsp3) is 0.435. The summed E-state index contributed by atoms with van der Waals surface area (Å²) >= 11 is 0. The van der Waals surface area contributed by atoms with Crippen molar-refractivity contribution in [2.24, 2.45) is 0 Å². The number of hydrogen-bond donors (Lipinski definition) is 1.